The van der Waals surface area contributed by atoms with E-state index in [1.807, 2.05) is 24.3 Å². The first-order chi connectivity index (χ1) is 12.5. The monoisotopic (exact) mass is 430 g/mol. The van der Waals surface area contributed by atoms with E-state index in [1.165, 1.54) is 12.1 Å². The fourth-order valence-corrected chi connectivity index (χ4v) is 5.99. The largest absolute Gasteiger partial charge is 0.391 e. The SMILES string of the molecule is N#C[C@]1(S(=O)(=O)c2ccccc2)C[C@@H]2ON=C(c3cccc(Br)c3)[C@@H]2C1. The van der Waals surface area contributed by atoms with Crippen LogP contribution in [-0.4, -0.2) is 25.0 Å². The third kappa shape index (κ3) is 2.56. The maximum Gasteiger partial charge on any atom is 0.197 e. The molecule has 4 rings (SSSR count). The van der Waals surface area contributed by atoms with Gasteiger partial charge in [-0.05, 0) is 30.7 Å². The second-order valence-corrected chi connectivity index (χ2v) is 9.74. The fraction of sp³-hybridized carbons (Fsp3) is 0.263. The highest BCUT2D eigenvalue weighted by atomic mass is 79.9. The maximum absolute atomic E-state index is 13.2. The van der Waals surface area contributed by atoms with Crippen LogP contribution >= 0.6 is 15.9 Å². The Kier molecular flexibility index (Phi) is 4.13. The average molecular weight is 431 g/mol. The second-order valence-electron chi connectivity index (χ2n) is 6.57. The van der Waals surface area contributed by atoms with Gasteiger partial charge in [-0.25, -0.2) is 8.42 Å². The Hall–Kier alpha value is -2.17. The summed E-state index contributed by atoms with van der Waals surface area (Å²) in [5, 5.41) is 14.0. The molecule has 2 aromatic carbocycles. The third-order valence-electron chi connectivity index (χ3n) is 5.06. The molecule has 0 bridgehead atoms. The molecule has 0 unspecified atom stereocenters. The van der Waals surface area contributed by atoms with Crippen molar-refractivity contribution in [2.75, 3.05) is 0 Å². The summed E-state index contributed by atoms with van der Waals surface area (Å²) in [6, 6.07) is 17.9. The van der Waals surface area contributed by atoms with Crippen LogP contribution in [0, 0.1) is 17.2 Å². The fourth-order valence-electron chi connectivity index (χ4n) is 3.72. The minimum atomic E-state index is -3.81. The lowest BCUT2D eigenvalue weighted by molar-refractivity contribution is 0.0736. The van der Waals surface area contributed by atoms with Gasteiger partial charge in [0.1, 0.15) is 6.10 Å². The van der Waals surface area contributed by atoms with Gasteiger partial charge in [0.2, 0.25) is 0 Å². The van der Waals surface area contributed by atoms with Gasteiger partial charge >= 0.3 is 0 Å². The number of nitrogens with zero attached hydrogens (tertiary/aromatic N) is 2. The molecule has 26 heavy (non-hydrogen) atoms. The number of benzene rings is 2. The van der Waals surface area contributed by atoms with Gasteiger partial charge in [-0.2, -0.15) is 5.26 Å². The summed E-state index contributed by atoms with van der Waals surface area (Å²) < 4.78 is 25.8. The van der Waals surface area contributed by atoms with E-state index < -0.39 is 20.7 Å². The number of halogens is 1. The molecule has 3 atom stereocenters. The van der Waals surface area contributed by atoms with Crippen molar-refractivity contribution in [2.45, 2.75) is 28.6 Å². The van der Waals surface area contributed by atoms with Crippen molar-refractivity contribution in [3.63, 3.8) is 0 Å². The molecule has 132 valence electrons. The summed E-state index contributed by atoms with van der Waals surface area (Å²) in [6.07, 6.45) is -0.106. The molecule has 0 aromatic heterocycles. The van der Waals surface area contributed by atoms with Gasteiger partial charge < -0.3 is 4.84 Å². The van der Waals surface area contributed by atoms with Crippen LogP contribution in [0.25, 0.3) is 0 Å². The van der Waals surface area contributed by atoms with E-state index in [0.717, 1.165) is 10.0 Å². The molecule has 1 aliphatic heterocycles. The third-order valence-corrected chi connectivity index (χ3v) is 7.90. The van der Waals surface area contributed by atoms with Crippen LogP contribution in [0.3, 0.4) is 0 Å². The molecule has 2 aromatic rings. The zero-order chi connectivity index (χ0) is 18.4. The van der Waals surface area contributed by atoms with Crippen LogP contribution in [0.1, 0.15) is 18.4 Å². The number of hydrogen-bond acceptors (Lipinski definition) is 5. The minimum Gasteiger partial charge on any atom is -0.391 e. The number of hydrogen-bond donors (Lipinski definition) is 0. The summed E-state index contributed by atoms with van der Waals surface area (Å²) in [4.78, 5) is 5.70. The van der Waals surface area contributed by atoms with Gasteiger partial charge in [0.25, 0.3) is 0 Å². The van der Waals surface area contributed by atoms with Gasteiger partial charge in [0.15, 0.2) is 14.6 Å². The molecule has 2 aliphatic rings. The van der Waals surface area contributed by atoms with Crippen molar-refractivity contribution in [3.8, 4) is 6.07 Å². The molecule has 5 nitrogen and oxygen atoms in total. The highest BCUT2D eigenvalue weighted by Crippen LogP contribution is 2.48. The molecule has 1 heterocycles. The van der Waals surface area contributed by atoms with Crippen molar-refractivity contribution < 1.29 is 13.3 Å². The van der Waals surface area contributed by atoms with E-state index in [9.17, 15) is 13.7 Å². The number of fused-ring (bicyclic) bond motifs is 1. The van der Waals surface area contributed by atoms with Crippen LogP contribution in [0.5, 0.6) is 0 Å². The molecule has 1 aliphatic carbocycles. The topological polar surface area (TPSA) is 79.5 Å². The lowest BCUT2D eigenvalue weighted by Crippen LogP contribution is -2.35. The molecule has 0 N–H and O–H groups in total. The Morgan fingerprint density at radius 1 is 1.15 bits per heavy atom. The van der Waals surface area contributed by atoms with E-state index in [0.29, 0.717) is 5.71 Å². The Balaban J connectivity index is 1.71. The van der Waals surface area contributed by atoms with Gasteiger partial charge in [-0.3, -0.25) is 0 Å². The van der Waals surface area contributed by atoms with Crippen molar-refractivity contribution in [2.24, 2.45) is 11.1 Å². The standard InChI is InChI=1S/C19H15BrN2O3S/c20-14-6-4-5-13(9-14)18-16-10-19(12-21,11-17(16)25-22-18)26(23,24)15-7-2-1-3-8-15/h1-9,16-17H,10-11H2/t16-,17+,19-/m1/s1. The highest BCUT2D eigenvalue weighted by Gasteiger charge is 2.59. The predicted molar refractivity (Wildman–Crippen MR) is 100 cm³/mol. The molecular formula is C19H15BrN2O3S. The zero-order valence-electron chi connectivity index (χ0n) is 13.7. The van der Waals surface area contributed by atoms with Crippen molar-refractivity contribution in [1.29, 1.82) is 5.26 Å². The molecular weight excluding hydrogens is 416 g/mol. The normalized spacial score (nSPS) is 27.3. The number of sulfone groups is 1. The first kappa shape index (κ1) is 17.3. The Labute approximate surface area is 160 Å². The Morgan fingerprint density at radius 2 is 1.92 bits per heavy atom. The quantitative estimate of drug-likeness (QED) is 0.743. The first-order valence-electron chi connectivity index (χ1n) is 8.17. The van der Waals surface area contributed by atoms with Gasteiger partial charge in [-0.1, -0.05) is 51.4 Å². The minimum absolute atomic E-state index is 0.117. The number of oxime groups is 1. The summed E-state index contributed by atoms with van der Waals surface area (Å²) in [7, 11) is -3.81. The molecule has 7 heteroatoms. The number of nitriles is 1. The van der Waals surface area contributed by atoms with Gasteiger partial charge in [0.05, 0.1) is 16.7 Å². The summed E-state index contributed by atoms with van der Waals surface area (Å²) in [5.41, 5.74) is 1.58. The lowest BCUT2D eigenvalue weighted by Gasteiger charge is -2.21. The maximum atomic E-state index is 13.2. The summed E-state index contributed by atoms with van der Waals surface area (Å²) in [6.45, 7) is 0. The second kappa shape index (κ2) is 6.22. The van der Waals surface area contributed by atoms with Gasteiger partial charge in [0, 0.05) is 22.4 Å². The van der Waals surface area contributed by atoms with Gasteiger partial charge in [-0.15, -0.1) is 0 Å². The molecule has 0 amide bonds. The van der Waals surface area contributed by atoms with E-state index in [2.05, 4.69) is 27.2 Å². The molecule has 0 radical (unpaired) electrons. The van der Waals surface area contributed by atoms with Crippen LogP contribution in [-0.2, 0) is 14.7 Å². The Morgan fingerprint density at radius 3 is 2.62 bits per heavy atom. The van der Waals surface area contributed by atoms with E-state index in [4.69, 9.17) is 4.84 Å². The summed E-state index contributed by atoms with van der Waals surface area (Å²) in [5.74, 6) is -0.220. The highest BCUT2D eigenvalue weighted by molar-refractivity contribution is 9.10. The van der Waals surface area contributed by atoms with Crippen LogP contribution < -0.4 is 0 Å². The van der Waals surface area contributed by atoms with Crippen LogP contribution in [0.2, 0.25) is 0 Å². The Bertz CT molecular complexity index is 1030. The lowest BCUT2D eigenvalue weighted by atomic mass is 9.94. The van der Waals surface area contributed by atoms with Crippen molar-refractivity contribution >= 4 is 31.5 Å². The van der Waals surface area contributed by atoms with E-state index in [1.54, 1.807) is 18.2 Å². The van der Waals surface area contributed by atoms with E-state index in [-0.39, 0.29) is 23.7 Å². The molecule has 1 fully saturated rings. The smallest absolute Gasteiger partial charge is 0.197 e. The number of rotatable bonds is 3. The van der Waals surface area contributed by atoms with Crippen molar-refractivity contribution in [1.82, 2.24) is 0 Å². The summed E-state index contributed by atoms with van der Waals surface area (Å²) >= 11 is 3.44. The van der Waals surface area contributed by atoms with Crippen molar-refractivity contribution in [3.05, 3.63) is 64.6 Å². The first-order valence-corrected chi connectivity index (χ1v) is 10.4. The predicted octanol–water partition coefficient (Wildman–Crippen LogP) is 3.70. The molecule has 0 spiro atoms. The zero-order valence-corrected chi connectivity index (χ0v) is 16.1. The average Bonchev–Trinajstić information content (AvgIpc) is 3.21. The molecule has 0 saturated heterocycles. The van der Waals surface area contributed by atoms with Crippen LogP contribution in [0.15, 0.2) is 69.1 Å². The molecule has 1 saturated carbocycles. The van der Waals surface area contributed by atoms with E-state index >= 15 is 0 Å². The van der Waals surface area contributed by atoms with Crippen LogP contribution in [0.4, 0.5) is 0 Å².